The topological polar surface area (TPSA) is 17.8 Å². The zero-order valence-electron chi connectivity index (χ0n) is 23.3. The molecule has 0 fully saturated rings. The number of rotatable bonds is 23. The van der Waals surface area contributed by atoms with Crippen LogP contribution in [0.25, 0.3) is 0 Å². The quantitative estimate of drug-likeness (QED) is 0.145. The molecule has 1 aromatic carbocycles. The molecule has 1 aromatic heterocycles. The van der Waals surface area contributed by atoms with Gasteiger partial charge in [0.25, 0.3) is 0 Å². The molecule has 0 aliphatic carbocycles. The van der Waals surface area contributed by atoms with Crippen molar-refractivity contribution >= 4 is 0 Å². The van der Waals surface area contributed by atoms with Crippen molar-refractivity contribution in [2.75, 3.05) is 0 Å². The Morgan fingerprint density at radius 2 is 1.17 bits per heavy atom. The molecule has 0 spiro atoms. The second-order valence-corrected chi connectivity index (χ2v) is 10.9. The lowest BCUT2D eigenvalue weighted by atomic mass is 9.85. The zero-order valence-corrected chi connectivity index (χ0v) is 23.3. The summed E-state index contributed by atoms with van der Waals surface area (Å²) in [5, 5.41) is 0. The first-order valence-corrected chi connectivity index (χ1v) is 15.4. The van der Waals surface area contributed by atoms with E-state index in [-0.39, 0.29) is 0 Å². The summed E-state index contributed by atoms with van der Waals surface area (Å²) in [6.45, 7) is 4.63. The average Bonchev–Trinajstić information content (AvgIpc) is 3.41. The van der Waals surface area contributed by atoms with Gasteiger partial charge in [0.2, 0.25) is 0 Å². The molecule has 2 aromatic rings. The maximum atomic E-state index is 4.38. The van der Waals surface area contributed by atoms with Crippen LogP contribution in [0.2, 0.25) is 0 Å². The van der Waals surface area contributed by atoms with Crippen molar-refractivity contribution < 1.29 is 0 Å². The van der Waals surface area contributed by atoms with Gasteiger partial charge in [0.05, 0.1) is 6.33 Å². The Kier molecular flexibility index (Phi) is 17.5. The molecule has 0 saturated carbocycles. The van der Waals surface area contributed by atoms with Gasteiger partial charge in [-0.15, -0.1) is 0 Å². The normalized spacial score (nSPS) is 13.2. The second-order valence-electron chi connectivity index (χ2n) is 10.9. The summed E-state index contributed by atoms with van der Waals surface area (Å²) in [6, 6.07) is 11.6. The van der Waals surface area contributed by atoms with E-state index in [9.17, 15) is 0 Å². The summed E-state index contributed by atoms with van der Waals surface area (Å²) < 4.78 is 2.40. The minimum absolute atomic E-state index is 0.573. The highest BCUT2D eigenvalue weighted by Gasteiger charge is 2.22. The van der Waals surface area contributed by atoms with E-state index in [1.807, 2.05) is 12.5 Å². The Morgan fingerprint density at radius 1 is 0.629 bits per heavy atom. The molecule has 35 heavy (non-hydrogen) atoms. The summed E-state index contributed by atoms with van der Waals surface area (Å²) in [4.78, 5) is 4.38. The lowest BCUT2D eigenvalue weighted by Gasteiger charge is -2.28. The number of imidazole rings is 1. The Morgan fingerprint density at radius 3 is 1.66 bits per heavy atom. The van der Waals surface area contributed by atoms with E-state index in [0.717, 1.165) is 0 Å². The number of aromatic nitrogens is 2. The molecule has 0 radical (unpaired) electrons. The first-order valence-electron chi connectivity index (χ1n) is 15.4. The van der Waals surface area contributed by atoms with Crippen LogP contribution >= 0.6 is 0 Å². The van der Waals surface area contributed by atoms with Crippen LogP contribution in [0.5, 0.6) is 0 Å². The van der Waals surface area contributed by atoms with Gasteiger partial charge in [-0.25, -0.2) is 4.98 Å². The zero-order chi connectivity index (χ0) is 24.8. The number of hydrogen-bond donors (Lipinski definition) is 0. The van der Waals surface area contributed by atoms with E-state index < -0.39 is 0 Å². The van der Waals surface area contributed by atoms with Gasteiger partial charge in [-0.05, 0) is 30.7 Å². The maximum Gasteiger partial charge on any atom is 0.0948 e. The third-order valence-electron chi connectivity index (χ3n) is 7.81. The summed E-state index contributed by atoms with van der Waals surface area (Å²) in [5.41, 5.74) is 1.48. The third-order valence-corrected chi connectivity index (χ3v) is 7.81. The highest BCUT2D eigenvalue weighted by atomic mass is 15.1. The molecule has 1 heterocycles. The summed E-state index contributed by atoms with van der Waals surface area (Å²) in [7, 11) is 0. The van der Waals surface area contributed by atoms with E-state index in [4.69, 9.17) is 0 Å². The van der Waals surface area contributed by atoms with Gasteiger partial charge in [-0.1, -0.05) is 153 Å². The van der Waals surface area contributed by atoms with E-state index in [1.54, 1.807) is 0 Å². The van der Waals surface area contributed by atoms with Gasteiger partial charge >= 0.3 is 0 Å². The first kappa shape index (κ1) is 29.7. The van der Waals surface area contributed by atoms with Crippen molar-refractivity contribution in [1.82, 2.24) is 9.55 Å². The Bertz CT molecular complexity index is 678. The smallest absolute Gasteiger partial charge is 0.0948 e. The third kappa shape index (κ3) is 13.9. The second kappa shape index (κ2) is 20.6. The van der Waals surface area contributed by atoms with Crippen molar-refractivity contribution in [2.24, 2.45) is 5.92 Å². The molecule has 0 N–H and O–H groups in total. The number of nitrogens with zero attached hydrogens (tertiary/aromatic N) is 2. The van der Waals surface area contributed by atoms with Crippen LogP contribution in [0.1, 0.15) is 147 Å². The van der Waals surface area contributed by atoms with Crippen LogP contribution in [0.3, 0.4) is 0 Å². The summed E-state index contributed by atoms with van der Waals surface area (Å²) in [5.74, 6) is 0.688. The van der Waals surface area contributed by atoms with Crippen LogP contribution in [0.4, 0.5) is 0 Å². The molecule has 0 bridgehead atoms. The average molecular weight is 481 g/mol. The van der Waals surface area contributed by atoms with Gasteiger partial charge in [0, 0.05) is 18.4 Å². The van der Waals surface area contributed by atoms with E-state index in [0.29, 0.717) is 12.0 Å². The van der Waals surface area contributed by atoms with Crippen LogP contribution < -0.4 is 0 Å². The van der Waals surface area contributed by atoms with Crippen molar-refractivity contribution in [3.8, 4) is 0 Å². The lowest BCUT2D eigenvalue weighted by molar-refractivity contribution is 0.280. The molecule has 198 valence electrons. The molecule has 2 rings (SSSR count). The van der Waals surface area contributed by atoms with Crippen LogP contribution in [0.15, 0.2) is 49.1 Å². The highest BCUT2D eigenvalue weighted by Crippen LogP contribution is 2.31. The van der Waals surface area contributed by atoms with Crippen LogP contribution in [-0.2, 0) is 6.42 Å². The van der Waals surface area contributed by atoms with E-state index >= 15 is 0 Å². The number of hydrogen-bond acceptors (Lipinski definition) is 1. The number of unbranched alkanes of at least 4 members (excludes halogenated alkanes) is 15. The van der Waals surface area contributed by atoms with Gasteiger partial charge in [-0.3, -0.25) is 0 Å². The number of benzene rings is 1. The summed E-state index contributed by atoms with van der Waals surface area (Å²) in [6.07, 6.45) is 34.1. The highest BCUT2D eigenvalue weighted by molar-refractivity contribution is 5.15. The standard InChI is InChI=1S/C33H56N2/c1-3-5-6-7-8-9-10-11-12-13-14-15-16-17-18-22-26-33(35-28-27-34-30-35)32(23-4-2)29-31-24-20-19-21-25-31/h19-21,24-25,27-28,30,32-33H,3-18,22-23,26,29H2,1-2H3. The van der Waals surface area contributed by atoms with Crippen molar-refractivity contribution in [3.05, 3.63) is 54.6 Å². The molecule has 0 saturated heterocycles. The fourth-order valence-electron chi connectivity index (χ4n) is 5.71. The minimum Gasteiger partial charge on any atom is -0.334 e. The Labute approximate surface area is 218 Å². The Balaban J connectivity index is 1.56. The largest absolute Gasteiger partial charge is 0.334 e. The van der Waals surface area contributed by atoms with E-state index in [1.165, 1.54) is 134 Å². The molecular formula is C33H56N2. The van der Waals surface area contributed by atoms with Crippen LogP contribution in [0, 0.1) is 5.92 Å². The van der Waals surface area contributed by atoms with Crippen molar-refractivity contribution in [3.63, 3.8) is 0 Å². The van der Waals surface area contributed by atoms with Crippen molar-refractivity contribution in [2.45, 2.75) is 148 Å². The SMILES string of the molecule is CCCCCCCCCCCCCCCCCCC(C(CCC)Cc1ccccc1)n1ccnc1. The molecule has 2 unspecified atom stereocenters. The fourth-order valence-corrected chi connectivity index (χ4v) is 5.71. The maximum absolute atomic E-state index is 4.38. The van der Waals surface area contributed by atoms with Gasteiger partial charge < -0.3 is 4.57 Å². The predicted molar refractivity (Wildman–Crippen MR) is 154 cm³/mol. The molecule has 2 nitrogen and oxygen atoms in total. The van der Waals surface area contributed by atoms with Gasteiger partial charge in [0.15, 0.2) is 0 Å². The van der Waals surface area contributed by atoms with Gasteiger partial charge in [-0.2, -0.15) is 0 Å². The minimum atomic E-state index is 0.573. The molecule has 2 heteroatoms. The summed E-state index contributed by atoms with van der Waals surface area (Å²) >= 11 is 0. The molecule has 2 atom stereocenters. The first-order chi connectivity index (χ1) is 17.3. The Hall–Kier alpha value is -1.57. The van der Waals surface area contributed by atoms with Gasteiger partial charge in [0.1, 0.15) is 0 Å². The molecule has 0 aliphatic rings. The predicted octanol–water partition coefficient (Wildman–Crippen LogP) is 10.7. The molecule has 0 aliphatic heterocycles. The monoisotopic (exact) mass is 480 g/mol. The fraction of sp³-hybridized carbons (Fsp3) is 0.727. The molecule has 0 amide bonds. The van der Waals surface area contributed by atoms with E-state index in [2.05, 4.69) is 59.9 Å². The van der Waals surface area contributed by atoms with Crippen molar-refractivity contribution in [1.29, 1.82) is 0 Å². The lowest BCUT2D eigenvalue weighted by Crippen LogP contribution is -2.21. The molecular weight excluding hydrogens is 424 g/mol. The van der Waals surface area contributed by atoms with Crippen LogP contribution in [-0.4, -0.2) is 9.55 Å².